The van der Waals surface area contributed by atoms with Gasteiger partial charge in [-0.3, -0.25) is 28.8 Å². The summed E-state index contributed by atoms with van der Waals surface area (Å²) in [7, 11) is 1.57. The third kappa shape index (κ3) is 29.2. The molecule has 0 spiro atoms. The average Bonchev–Trinajstić information content (AvgIpc) is 3.39. The van der Waals surface area contributed by atoms with Crippen LogP contribution in [0.3, 0.4) is 0 Å². The fourth-order valence-corrected chi connectivity index (χ4v) is 7.85. The molecule has 28 heteroatoms. The molecule has 28 nitrogen and oxygen atoms in total. The molecule has 0 aliphatic carbocycles. The summed E-state index contributed by atoms with van der Waals surface area (Å²) in [6, 6.07) is -0.500. The Balaban J connectivity index is 1.61. The van der Waals surface area contributed by atoms with Gasteiger partial charge in [-0.15, -0.1) is 0 Å². The van der Waals surface area contributed by atoms with Gasteiger partial charge < -0.3 is 111 Å². The van der Waals surface area contributed by atoms with Crippen molar-refractivity contribution in [3.8, 4) is 0 Å². The molecule has 15 N–H and O–H groups in total. The number of methoxy groups -OCH3 is 1. The van der Waals surface area contributed by atoms with Crippen LogP contribution in [0, 0.1) is 5.92 Å². The standard InChI is InChI=1S/C48H88N6O22/c1-70-28-31(25-55)10-2-5-15-49-38(61)24-32(11-3-6-16-50-39(62)29-71-22-18-52-35(58)12-4-7-20-73-47-45(68)43(66)41(64)33(26-56)75-47)54-37(60)13-8-17-51-40(63)30-72-23-19-53-36(59)14-9-21-74-48-46(69)44(67)42(65)34(27-57)76-48/h31-34,41-48,55-57,64-69H,2-30H2,1H3,(H,49,61)(H,50,62)(H,51,63)(H,52,58)(H,53,59)(H,54,60)/t31?,32-,33?,34?,41+,42+,43-,44-,45?,46?,47+,48+/m0/s1. The molecule has 2 saturated heterocycles. The minimum atomic E-state index is -1.57. The Morgan fingerprint density at radius 3 is 1.45 bits per heavy atom. The highest BCUT2D eigenvalue weighted by Crippen LogP contribution is 2.23. The molecule has 2 aliphatic rings. The molecule has 2 heterocycles. The highest BCUT2D eigenvalue weighted by molar-refractivity contribution is 5.80. The summed E-state index contributed by atoms with van der Waals surface area (Å²) in [4.78, 5) is 74.8. The van der Waals surface area contributed by atoms with E-state index in [2.05, 4.69) is 31.9 Å². The van der Waals surface area contributed by atoms with E-state index in [1.807, 2.05) is 0 Å². The molecule has 0 radical (unpaired) electrons. The Labute approximate surface area is 443 Å². The van der Waals surface area contributed by atoms with Crippen LogP contribution in [0.15, 0.2) is 0 Å². The van der Waals surface area contributed by atoms with E-state index >= 15 is 0 Å². The maximum absolute atomic E-state index is 12.9. The largest absolute Gasteiger partial charge is 0.396 e. The van der Waals surface area contributed by atoms with Gasteiger partial charge in [0.25, 0.3) is 0 Å². The van der Waals surface area contributed by atoms with Gasteiger partial charge in [-0.25, -0.2) is 0 Å². The lowest BCUT2D eigenvalue weighted by molar-refractivity contribution is -0.301. The number of aliphatic hydroxyl groups is 9. The van der Waals surface area contributed by atoms with E-state index in [9.17, 15) is 74.7 Å². The SMILES string of the molecule is COCC(CO)CCCCNC(=O)C[C@H](CCCCNC(=O)COCCNC(=O)CCCCO[C@@H]1OC(CO)[C@@H](O)[C@H](O)C1O)NC(=O)CCCNC(=O)COCCNC(=O)CCCO[C@@H]1OC(CO)[C@@H](O)[C@H](O)C1O. The van der Waals surface area contributed by atoms with E-state index in [1.54, 1.807) is 7.11 Å². The number of aliphatic hydroxyl groups excluding tert-OH is 9. The zero-order valence-electron chi connectivity index (χ0n) is 43.8. The highest BCUT2D eigenvalue weighted by atomic mass is 16.7. The highest BCUT2D eigenvalue weighted by Gasteiger charge is 2.45. The molecule has 5 unspecified atom stereocenters. The molecule has 0 aromatic rings. The van der Waals surface area contributed by atoms with Gasteiger partial charge in [0.1, 0.15) is 62.0 Å². The maximum Gasteiger partial charge on any atom is 0.245 e. The van der Waals surface area contributed by atoms with Crippen LogP contribution in [-0.2, 0) is 61.9 Å². The number of amides is 6. The van der Waals surface area contributed by atoms with Gasteiger partial charge in [-0.2, -0.15) is 0 Å². The molecular weight excluding hydrogens is 1010 g/mol. The molecule has 76 heavy (non-hydrogen) atoms. The fourth-order valence-electron chi connectivity index (χ4n) is 7.85. The maximum atomic E-state index is 12.9. The normalized spacial score (nSPS) is 24.2. The van der Waals surface area contributed by atoms with Crippen molar-refractivity contribution >= 4 is 35.4 Å². The van der Waals surface area contributed by atoms with Gasteiger partial charge in [0.2, 0.25) is 35.4 Å². The topological polar surface area (TPSA) is 421 Å². The zero-order chi connectivity index (χ0) is 56.1. The lowest BCUT2D eigenvalue weighted by atomic mass is 9.99. The van der Waals surface area contributed by atoms with Crippen molar-refractivity contribution in [3.05, 3.63) is 0 Å². The van der Waals surface area contributed by atoms with Crippen molar-refractivity contribution < 1.29 is 108 Å². The van der Waals surface area contributed by atoms with Crippen molar-refractivity contribution in [3.63, 3.8) is 0 Å². The predicted octanol–water partition coefficient (Wildman–Crippen LogP) is -5.57. The first-order valence-corrected chi connectivity index (χ1v) is 26.3. The van der Waals surface area contributed by atoms with Crippen LogP contribution in [0.25, 0.3) is 0 Å². The number of carbonyl (C=O) groups is 6. The summed E-state index contributed by atoms with van der Waals surface area (Å²) in [5, 5.41) is 104. The minimum absolute atomic E-state index is 0.0129. The number of carbonyl (C=O) groups excluding carboxylic acids is 6. The average molecular weight is 1100 g/mol. The van der Waals surface area contributed by atoms with E-state index < -0.39 is 86.6 Å². The molecule has 0 aromatic carbocycles. The van der Waals surface area contributed by atoms with E-state index in [4.69, 9.17) is 33.2 Å². The molecule has 442 valence electrons. The second-order valence-corrected chi connectivity index (χ2v) is 18.6. The summed E-state index contributed by atoms with van der Waals surface area (Å²) in [6.45, 7) is 0.230. The minimum Gasteiger partial charge on any atom is -0.396 e. The number of hydrogen-bond donors (Lipinski definition) is 15. The quantitative estimate of drug-likeness (QED) is 0.0253. The Bertz CT molecular complexity index is 1620. The summed E-state index contributed by atoms with van der Waals surface area (Å²) >= 11 is 0. The monoisotopic (exact) mass is 1100 g/mol. The van der Waals surface area contributed by atoms with Gasteiger partial charge in [-0.05, 0) is 57.8 Å². The first-order valence-electron chi connectivity index (χ1n) is 26.3. The number of nitrogens with one attached hydrogen (secondary N) is 6. The van der Waals surface area contributed by atoms with Gasteiger partial charge in [0.15, 0.2) is 12.6 Å². The van der Waals surface area contributed by atoms with Gasteiger partial charge in [0, 0.05) is 90.7 Å². The van der Waals surface area contributed by atoms with E-state index in [1.165, 1.54) is 0 Å². The molecule has 0 saturated carbocycles. The predicted molar refractivity (Wildman–Crippen MR) is 265 cm³/mol. The van der Waals surface area contributed by atoms with Crippen LogP contribution in [0.5, 0.6) is 0 Å². The summed E-state index contributed by atoms with van der Waals surface area (Å²) in [6.07, 6.45) is -8.33. The van der Waals surface area contributed by atoms with Crippen molar-refractivity contribution in [2.45, 2.75) is 157 Å². The van der Waals surface area contributed by atoms with Crippen molar-refractivity contribution in [1.82, 2.24) is 31.9 Å². The van der Waals surface area contributed by atoms with Crippen LogP contribution in [0.2, 0.25) is 0 Å². The van der Waals surface area contributed by atoms with Crippen molar-refractivity contribution in [1.29, 1.82) is 0 Å². The third-order valence-electron chi connectivity index (χ3n) is 12.2. The van der Waals surface area contributed by atoms with E-state index in [-0.39, 0.29) is 133 Å². The van der Waals surface area contributed by atoms with Crippen molar-refractivity contribution in [2.75, 3.05) is 106 Å². The molecule has 0 aromatic heterocycles. The number of rotatable bonds is 43. The molecule has 0 bridgehead atoms. The number of hydrogen-bond acceptors (Lipinski definition) is 22. The smallest absolute Gasteiger partial charge is 0.245 e. The second-order valence-electron chi connectivity index (χ2n) is 18.6. The van der Waals surface area contributed by atoms with Crippen LogP contribution in [-0.4, -0.2) is 255 Å². The molecular formula is C48H88N6O22. The third-order valence-corrected chi connectivity index (χ3v) is 12.2. The Kier molecular flexibility index (Phi) is 37.1. The lowest BCUT2D eigenvalue weighted by Crippen LogP contribution is -2.59. The molecule has 2 aliphatic heterocycles. The van der Waals surface area contributed by atoms with Gasteiger partial charge >= 0.3 is 0 Å². The summed E-state index contributed by atoms with van der Waals surface area (Å²) in [5.41, 5.74) is 0. The zero-order valence-corrected chi connectivity index (χ0v) is 43.8. The second kappa shape index (κ2) is 41.3. The Morgan fingerprint density at radius 2 is 0.934 bits per heavy atom. The molecule has 2 fully saturated rings. The Morgan fingerprint density at radius 1 is 0.474 bits per heavy atom. The molecule has 6 amide bonds. The van der Waals surface area contributed by atoms with Crippen LogP contribution >= 0.6 is 0 Å². The summed E-state index contributed by atoms with van der Waals surface area (Å²) < 4.78 is 37.1. The van der Waals surface area contributed by atoms with E-state index in [0.29, 0.717) is 64.6 Å². The number of unbranched alkanes of at least 4 members (excludes halogenated alkanes) is 3. The van der Waals surface area contributed by atoms with Gasteiger partial charge in [-0.1, -0.05) is 6.42 Å². The lowest BCUT2D eigenvalue weighted by Gasteiger charge is -2.39. The molecule has 12 atom stereocenters. The Hall–Kier alpha value is -3.82. The number of ether oxygens (including phenoxy) is 7. The van der Waals surface area contributed by atoms with Crippen LogP contribution < -0.4 is 31.9 Å². The fraction of sp³-hybridized carbons (Fsp3) is 0.875. The molecule has 2 rings (SSSR count). The summed E-state index contributed by atoms with van der Waals surface area (Å²) in [5.74, 6) is -1.88. The van der Waals surface area contributed by atoms with Crippen LogP contribution in [0.4, 0.5) is 0 Å². The van der Waals surface area contributed by atoms with Gasteiger partial charge in [0.05, 0.1) is 39.6 Å². The van der Waals surface area contributed by atoms with Crippen LogP contribution in [0.1, 0.15) is 89.9 Å². The van der Waals surface area contributed by atoms with Crippen molar-refractivity contribution in [2.24, 2.45) is 5.92 Å². The first-order chi connectivity index (χ1) is 36.5. The van der Waals surface area contributed by atoms with E-state index in [0.717, 1.165) is 12.8 Å². The first kappa shape index (κ1) is 68.3.